The van der Waals surface area contributed by atoms with Crippen LogP contribution in [0, 0.1) is 0 Å². The molecule has 1 atom stereocenters. The van der Waals surface area contributed by atoms with Crippen LogP contribution in [0.25, 0.3) is 0 Å². The Hall–Kier alpha value is -0.810. The van der Waals surface area contributed by atoms with Gasteiger partial charge in [-0.15, -0.1) is 0 Å². The van der Waals surface area contributed by atoms with Gasteiger partial charge in [-0.05, 0) is 30.2 Å². The van der Waals surface area contributed by atoms with Crippen molar-refractivity contribution in [2.24, 2.45) is 0 Å². The zero-order valence-corrected chi connectivity index (χ0v) is 10.1. The van der Waals surface area contributed by atoms with Gasteiger partial charge >= 0.3 is 6.18 Å². The van der Waals surface area contributed by atoms with Crippen LogP contribution in [0.5, 0.6) is 0 Å². The van der Waals surface area contributed by atoms with Crippen LogP contribution < -0.4 is 0 Å². The lowest BCUT2D eigenvalue weighted by Gasteiger charge is -2.17. The Kier molecular flexibility index (Phi) is 3.80. The first-order valence-corrected chi connectivity index (χ1v) is 5.23. The Bertz CT molecular complexity index is 412. The van der Waals surface area contributed by atoms with Gasteiger partial charge in [0.05, 0.1) is 5.56 Å². The van der Waals surface area contributed by atoms with Crippen molar-refractivity contribution in [1.29, 1.82) is 0 Å². The molecule has 1 aromatic rings. The molecular formula is C11H10BrF3O. The SMILES string of the molecule is C=C(C)C(O)c1ccc(Br)cc1C(F)(F)F. The highest BCUT2D eigenvalue weighted by Crippen LogP contribution is 2.37. The highest BCUT2D eigenvalue weighted by Gasteiger charge is 2.35. The number of rotatable bonds is 2. The number of aliphatic hydroxyl groups is 1. The van der Waals surface area contributed by atoms with Crippen molar-refractivity contribution in [1.82, 2.24) is 0 Å². The summed E-state index contributed by atoms with van der Waals surface area (Å²) in [7, 11) is 0. The second-order valence-corrected chi connectivity index (χ2v) is 4.39. The van der Waals surface area contributed by atoms with Crippen molar-refractivity contribution in [2.75, 3.05) is 0 Å². The van der Waals surface area contributed by atoms with E-state index in [4.69, 9.17) is 0 Å². The van der Waals surface area contributed by atoms with Gasteiger partial charge in [0.1, 0.15) is 6.10 Å². The molecule has 0 aliphatic carbocycles. The molecule has 0 bridgehead atoms. The minimum absolute atomic E-state index is 0.178. The smallest absolute Gasteiger partial charge is 0.384 e. The van der Waals surface area contributed by atoms with E-state index in [0.29, 0.717) is 4.47 Å². The first kappa shape index (κ1) is 13.3. The number of hydrogen-bond acceptors (Lipinski definition) is 1. The third-order valence-corrected chi connectivity index (χ3v) is 2.58. The van der Waals surface area contributed by atoms with Gasteiger partial charge in [0.25, 0.3) is 0 Å². The molecule has 5 heteroatoms. The summed E-state index contributed by atoms with van der Waals surface area (Å²) >= 11 is 2.97. The van der Waals surface area contributed by atoms with Crippen molar-refractivity contribution in [3.8, 4) is 0 Å². The van der Waals surface area contributed by atoms with Crippen molar-refractivity contribution in [2.45, 2.75) is 19.2 Å². The molecule has 0 aromatic heterocycles. The van der Waals surface area contributed by atoms with Gasteiger partial charge in [0.2, 0.25) is 0 Å². The summed E-state index contributed by atoms with van der Waals surface area (Å²) in [4.78, 5) is 0. The Labute approximate surface area is 99.7 Å². The highest BCUT2D eigenvalue weighted by molar-refractivity contribution is 9.10. The molecule has 1 unspecified atom stereocenters. The van der Waals surface area contributed by atoms with Gasteiger partial charge in [0.15, 0.2) is 0 Å². The Balaban J connectivity index is 3.34. The normalized spacial score (nSPS) is 13.6. The van der Waals surface area contributed by atoms with Crippen molar-refractivity contribution in [3.63, 3.8) is 0 Å². The second kappa shape index (κ2) is 4.59. The minimum atomic E-state index is -4.49. The van der Waals surface area contributed by atoms with Gasteiger partial charge in [-0.3, -0.25) is 0 Å². The fourth-order valence-corrected chi connectivity index (χ4v) is 1.64. The molecule has 0 heterocycles. The first-order chi connectivity index (χ1) is 7.23. The van der Waals surface area contributed by atoms with E-state index in [1.54, 1.807) is 0 Å². The maximum Gasteiger partial charge on any atom is 0.416 e. The predicted octanol–water partition coefficient (Wildman–Crippen LogP) is 4.08. The number of aliphatic hydroxyl groups excluding tert-OH is 1. The number of alkyl halides is 3. The van der Waals surface area contributed by atoms with Crippen LogP contribution in [0.3, 0.4) is 0 Å². The van der Waals surface area contributed by atoms with Crippen LogP contribution in [0.2, 0.25) is 0 Å². The van der Waals surface area contributed by atoms with Crippen molar-refractivity contribution < 1.29 is 18.3 Å². The molecule has 1 aromatic carbocycles. The van der Waals surface area contributed by atoms with E-state index >= 15 is 0 Å². The van der Waals surface area contributed by atoms with Crippen molar-refractivity contribution >= 4 is 15.9 Å². The van der Waals surface area contributed by atoms with Gasteiger partial charge in [-0.2, -0.15) is 13.2 Å². The van der Waals surface area contributed by atoms with Crippen LogP contribution in [-0.2, 0) is 6.18 Å². The Morgan fingerprint density at radius 1 is 1.44 bits per heavy atom. The molecule has 0 aliphatic heterocycles. The van der Waals surface area contributed by atoms with Crippen LogP contribution in [0.1, 0.15) is 24.2 Å². The van der Waals surface area contributed by atoms with Crippen LogP contribution in [0.15, 0.2) is 34.8 Å². The summed E-state index contributed by atoms with van der Waals surface area (Å²) in [5.41, 5.74) is -0.756. The third-order valence-electron chi connectivity index (χ3n) is 2.08. The van der Waals surface area contributed by atoms with Crippen LogP contribution >= 0.6 is 15.9 Å². The average molecular weight is 295 g/mol. The maximum atomic E-state index is 12.7. The molecule has 88 valence electrons. The largest absolute Gasteiger partial charge is 0.416 e. The van der Waals surface area contributed by atoms with Gasteiger partial charge in [0, 0.05) is 4.47 Å². The molecule has 0 radical (unpaired) electrons. The molecule has 0 fully saturated rings. The Morgan fingerprint density at radius 3 is 2.44 bits per heavy atom. The van der Waals surface area contributed by atoms with Crippen molar-refractivity contribution in [3.05, 3.63) is 46.0 Å². The molecule has 0 saturated heterocycles. The molecule has 1 rings (SSSR count). The standard InChI is InChI=1S/C11H10BrF3O/c1-6(2)10(16)8-4-3-7(12)5-9(8)11(13,14)15/h3-5,10,16H,1H2,2H3. The third kappa shape index (κ3) is 2.86. The summed E-state index contributed by atoms with van der Waals surface area (Å²) in [5.74, 6) is 0. The average Bonchev–Trinajstić information content (AvgIpc) is 2.15. The molecule has 1 nitrogen and oxygen atoms in total. The van der Waals surface area contributed by atoms with Crippen LogP contribution in [-0.4, -0.2) is 5.11 Å². The number of hydrogen-bond donors (Lipinski definition) is 1. The summed E-state index contributed by atoms with van der Waals surface area (Å²) in [6, 6.07) is 3.64. The lowest BCUT2D eigenvalue weighted by Crippen LogP contribution is -2.12. The van der Waals surface area contributed by atoms with E-state index in [0.717, 1.165) is 6.07 Å². The van der Waals surface area contributed by atoms with E-state index in [1.165, 1.54) is 19.1 Å². The Morgan fingerprint density at radius 2 is 2.00 bits per heavy atom. The van der Waals surface area contributed by atoms with Gasteiger partial charge in [-0.25, -0.2) is 0 Å². The van der Waals surface area contributed by atoms with E-state index in [1.807, 2.05) is 0 Å². The number of benzene rings is 1. The quantitative estimate of drug-likeness (QED) is 0.815. The predicted molar refractivity (Wildman–Crippen MR) is 58.9 cm³/mol. The summed E-state index contributed by atoms with van der Waals surface area (Å²) < 4.78 is 38.4. The van der Waals surface area contributed by atoms with E-state index < -0.39 is 17.8 Å². The lowest BCUT2D eigenvalue weighted by molar-refractivity contribution is -0.139. The minimum Gasteiger partial charge on any atom is -0.384 e. The summed E-state index contributed by atoms with van der Waals surface area (Å²) in [6.45, 7) is 4.93. The summed E-state index contributed by atoms with van der Waals surface area (Å²) in [5, 5.41) is 9.62. The fourth-order valence-electron chi connectivity index (χ4n) is 1.28. The lowest BCUT2D eigenvalue weighted by atomic mass is 9.98. The zero-order chi connectivity index (χ0) is 12.5. The maximum absolute atomic E-state index is 12.7. The molecule has 0 amide bonds. The molecule has 0 aliphatic rings. The highest BCUT2D eigenvalue weighted by atomic mass is 79.9. The molecule has 1 N–H and O–H groups in total. The first-order valence-electron chi connectivity index (χ1n) is 4.43. The monoisotopic (exact) mass is 294 g/mol. The van der Waals surface area contributed by atoms with E-state index in [2.05, 4.69) is 22.5 Å². The number of halogens is 4. The molecule has 0 saturated carbocycles. The molecular weight excluding hydrogens is 285 g/mol. The van der Waals surface area contributed by atoms with E-state index in [9.17, 15) is 18.3 Å². The fraction of sp³-hybridized carbons (Fsp3) is 0.273. The van der Waals surface area contributed by atoms with Gasteiger partial charge < -0.3 is 5.11 Å². The molecule has 0 spiro atoms. The summed E-state index contributed by atoms with van der Waals surface area (Å²) in [6.07, 6.45) is -5.79. The topological polar surface area (TPSA) is 20.2 Å². The van der Waals surface area contributed by atoms with Gasteiger partial charge in [-0.1, -0.05) is 28.6 Å². The zero-order valence-electron chi connectivity index (χ0n) is 8.48. The van der Waals surface area contributed by atoms with Crippen LogP contribution in [0.4, 0.5) is 13.2 Å². The molecule has 16 heavy (non-hydrogen) atoms. The van der Waals surface area contributed by atoms with E-state index in [-0.39, 0.29) is 11.1 Å². The second-order valence-electron chi connectivity index (χ2n) is 3.48.